The van der Waals surface area contributed by atoms with E-state index >= 15 is 0 Å². The van der Waals surface area contributed by atoms with Crippen molar-refractivity contribution in [1.29, 1.82) is 0 Å². The number of aromatic nitrogens is 1. The van der Waals surface area contributed by atoms with E-state index in [4.69, 9.17) is 4.42 Å². The van der Waals surface area contributed by atoms with E-state index in [9.17, 15) is 0 Å². The molecule has 0 unspecified atom stereocenters. The van der Waals surface area contributed by atoms with Crippen molar-refractivity contribution in [1.82, 2.24) is 4.98 Å². The van der Waals surface area contributed by atoms with Gasteiger partial charge in [-0.1, -0.05) is 15.9 Å². The van der Waals surface area contributed by atoms with E-state index in [-0.39, 0.29) is 0 Å². The number of halogens is 2. The molecule has 0 amide bonds. The summed E-state index contributed by atoms with van der Waals surface area (Å²) >= 11 is 6.75. The monoisotopic (exact) mass is 289 g/mol. The summed E-state index contributed by atoms with van der Waals surface area (Å²) < 4.78 is 6.13. The van der Waals surface area contributed by atoms with Gasteiger partial charge in [-0.15, -0.1) is 0 Å². The number of hydrogen-bond donors (Lipinski definition) is 0. The summed E-state index contributed by atoms with van der Waals surface area (Å²) in [5.41, 5.74) is 1.82. The highest BCUT2D eigenvalue weighted by Gasteiger charge is 2.04. The zero-order valence-corrected chi connectivity index (χ0v) is 9.22. The largest absolute Gasteiger partial charge is 0.445 e. The van der Waals surface area contributed by atoms with Gasteiger partial charge in [-0.05, 0) is 27.6 Å². The second-order valence-corrected chi connectivity index (χ2v) is 3.83. The van der Waals surface area contributed by atoms with Crippen LogP contribution in [0.15, 0.2) is 27.4 Å². The van der Waals surface area contributed by atoms with Crippen LogP contribution in [0.25, 0.3) is 11.1 Å². The van der Waals surface area contributed by atoms with E-state index in [0.717, 1.165) is 20.8 Å². The molecule has 0 aromatic carbocycles. The van der Waals surface area contributed by atoms with Crippen LogP contribution in [0.2, 0.25) is 0 Å². The fourth-order valence-corrected chi connectivity index (χ4v) is 1.69. The van der Waals surface area contributed by atoms with Crippen molar-refractivity contribution in [2.24, 2.45) is 0 Å². The Morgan fingerprint density at radius 3 is 3.08 bits per heavy atom. The minimum absolute atomic E-state index is 0.673. The molecule has 0 radical (unpaired) electrons. The van der Waals surface area contributed by atoms with Gasteiger partial charge in [0.05, 0.1) is 9.86 Å². The van der Waals surface area contributed by atoms with Gasteiger partial charge in [0.25, 0.3) is 0 Å². The number of rotatable bonds is 1. The Morgan fingerprint density at radius 2 is 2.33 bits per heavy atom. The SMILES string of the molecule is BrCc1cnc2occ(Br)c2c1. The van der Waals surface area contributed by atoms with Crippen LogP contribution in [-0.2, 0) is 5.33 Å². The van der Waals surface area contributed by atoms with Crippen molar-refractivity contribution in [3.63, 3.8) is 0 Å². The second kappa shape index (κ2) is 3.18. The van der Waals surface area contributed by atoms with Gasteiger partial charge in [0.2, 0.25) is 5.71 Å². The Labute approximate surface area is 86.2 Å². The molecule has 0 aliphatic carbocycles. The quantitative estimate of drug-likeness (QED) is 0.752. The third-order valence-electron chi connectivity index (χ3n) is 1.59. The Bertz CT molecular complexity index is 410. The van der Waals surface area contributed by atoms with Crippen molar-refractivity contribution in [3.05, 3.63) is 28.6 Å². The number of alkyl halides is 1. The number of furan rings is 1. The molecule has 0 bridgehead atoms. The van der Waals surface area contributed by atoms with Crippen LogP contribution in [0.5, 0.6) is 0 Å². The maximum Gasteiger partial charge on any atom is 0.227 e. The topological polar surface area (TPSA) is 26.0 Å². The van der Waals surface area contributed by atoms with Crippen molar-refractivity contribution in [2.45, 2.75) is 5.33 Å². The van der Waals surface area contributed by atoms with E-state index in [1.54, 1.807) is 12.5 Å². The third kappa shape index (κ3) is 1.29. The maximum absolute atomic E-state index is 5.17. The fraction of sp³-hybridized carbons (Fsp3) is 0.125. The molecule has 0 aliphatic rings. The average molecular weight is 291 g/mol. The molecule has 12 heavy (non-hydrogen) atoms. The molecule has 0 spiro atoms. The molecule has 4 heteroatoms. The molecule has 2 rings (SSSR count). The average Bonchev–Trinajstić information content (AvgIpc) is 2.47. The molecule has 0 saturated heterocycles. The highest BCUT2D eigenvalue weighted by atomic mass is 79.9. The fourth-order valence-electron chi connectivity index (χ4n) is 1.00. The Balaban J connectivity index is 2.71. The molecule has 2 heterocycles. The van der Waals surface area contributed by atoms with Crippen molar-refractivity contribution in [2.75, 3.05) is 0 Å². The molecular weight excluding hydrogens is 286 g/mol. The molecule has 0 N–H and O–H groups in total. The second-order valence-electron chi connectivity index (χ2n) is 2.41. The minimum atomic E-state index is 0.673. The van der Waals surface area contributed by atoms with E-state index in [1.165, 1.54) is 0 Å². The molecule has 62 valence electrons. The molecule has 2 nitrogen and oxygen atoms in total. The van der Waals surface area contributed by atoms with E-state index in [0.29, 0.717) is 5.71 Å². The maximum atomic E-state index is 5.17. The van der Waals surface area contributed by atoms with Gasteiger partial charge < -0.3 is 4.42 Å². The normalized spacial score (nSPS) is 10.8. The van der Waals surface area contributed by atoms with Gasteiger partial charge >= 0.3 is 0 Å². The van der Waals surface area contributed by atoms with Crippen LogP contribution in [-0.4, -0.2) is 4.98 Å². The predicted molar refractivity (Wildman–Crippen MR) is 54.3 cm³/mol. The summed E-state index contributed by atoms with van der Waals surface area (Å²) in [6.45, 7) is 0. The zero-order chi connectivity index (χ0) is 8.55. The lowest BCUT2D eigenvalue weighted by Gasteiger charge is -1.93. The van der Waals surface area contributed by atoms with Crippen LogP contribution in [0.1, 0.15) is 5.56 Å². The van der Waals surface area contributed by atoms with E-state index in [1.807, 2.05) is 6.07 Å². The molecule has 0 atom stereocenters. The smallest absolute Gasteiger partial charge is 0.227 e. The lowest BCUT2D eigenvalue weighted by atomic mass is 10.2. The van der Waals surface area contributed by atoms with Gasteiger partial charge in [-0.25, -0.2) is 4.98 Å². The summed E-state index contributed by atoms with van der Waals surface area (Å²) in [6.07, 6.45) is 3.45. The molecular formula is C8H5Br2NO. The lowest BCUT2D eigenvalue weighted by Crippen LogP contribution is -1.79. The molecule has 0 saturated carbocycles. The van der Waals surface area contributed by atoms with E-state index < -0.39 is 0 Å². The summed E-state index contributed by atoms with van der Waals surface area (Å²) in [5.74, 6) is 0. The van der Waals surface area contributed by atoms with Crippen LogP contribution in [0.3, 0.4) is 0 Å². The minimum Gasteiger partial charge on any atom is -0.445 e. The number of hydrogen-bond acceptors (Lipinski definition) is 2. The number of nitrogens with zero attached hydrogens (tertiary/aromatic N) is 1. The standard InChI is InChI=1S/C8H5Br2NO/c9-2-5-1-6-7(10)4-12-8(6)11-3-5/h1,3-4H,2H2. The van der Waals surface area contributed by atoms with Crippen LogP contribution >= 0.6 is 31.9 Å². The third-order valence-corrected chi connectivity index (χ3v) is 2.85. The summed E-state index contributed by atoms with van der Waals surface area (Å²) in [7, 11) is 0. The summed E-state index contributed by atoms with van der Waals surface area (Å²) in [5, 5.41) is 1.83. The molecule has 0 aliphatic heterocycles. The van der Waals surface area contributed by atoms with Crippen LogP contribution < -0.4 is 0 Å². The first-order valence-electron chi connectivity index (χ1n) is 3.39. The van der Waals surface area contributed by atoms with Gasteiger partial charge in [0.1, 0.15) is 6.26 Å². The number of pyridine rings is 1. The Kier molecular flexibility index (Phi) is 2.19. The lowest BCUT2D eigenvalue weighted by molar-refractivity contribution is 0.601. The van der Waals surface area contributed by atoms with Crippen LogP contribution in [0.4, 0.5) is 0 Å². The zero-order valence-electron chi connectivity index (χ0n) is 6.05. The van der Waals surface area contributed by atoms with Crippen molar-refractivity contribution in [3.8, 4) is 0 Å². The van der Waals surface area contributed by atoms with E-state index in [2.05, 4.69) is 36.8 Å². The van der Waals surface area contributed by atoms with Crippen molar-refractivity contribution < 1.29 is 4.42 Å². The van der Waals surface area contributed by atoms with Crippen LogP contribution in [0, 0.1) is 0 Å². The summed E-state index contributed by atoms with van der Waals surface area (Å²) in [6, 6.07) is 2.05. The molecule has 2 aromatic rings. The highest BCUT2D eigenvalue weighted by molar-refractivity contribution is 9.10. The first-order valence-corrected chi connectivity index (χ1v) is 5.30. The Morgan fingerprint density at radius 1 is 1.50 bits per heavy atom. The van der Waals surface area contributed by atoms with Gasteiger partial charge in [-0.3, -0.25) is 0 Å². The predicted octanol–water partition coefficient (Wildman–Crippen LogP) is 3.49. The van der Waals surface area contributed by atoms with Gasteiger partial charge in [0, 0.05) is 11.5 Å². The first-order chi connectivity index (χ1) is 5.81. The highest BCUT2D eigenvalue weighted by Crippen LogP contribution is 2.25. The molecule has 0 fully saturated rings. The Hall–Kier alpha value is -0.350. The van der Waals surface area contributed by atoms with Gasteiger partial charge in [-0.2, -0.15) is 0 Å². The van der Waals surface area contributed by atoms with Gasteiger partial charge in [0.15, 0.2) is 0 Å². The summed E-state index contributed by atoms with van der Waals surface area (Å²) in [4.78, 5) is 4.15. The van der Waals surface area contributed by atoms with Crippen molar-refractivity contribution >= 4 is 43.0 Å². The first kappa shape index (κ1) is 8.26. The number of fused-ring (bicyclic) bond motifs is 1. The molecule has 2 aromatic heterocycles.